The molecule has 1 saturated heterocycles. The molecule has 0 amide bonds. The lowest BCUT2D eigenvalue weighted by Gasteiger charge is -2.31. The molecule has 5 heteroatoms. The van der Waals surface area contributed by atoms with Crippen LogP contribution in [0.2, 0.25) is 0 Å². The van der Waals surface area contributed by atoms with Crippen LogP contribution in [0.3, 0.4) is 0 Å². The van der Waals surface area contributed by atoms with Gasteiger partial charge in [0.15, 0.2) is 5.96 Å². The highest BCUT2D eigenvalue weighted by Crippen LogP contribution is 2.23. The predicted molar refractivity (Wildman–Crippen MR) is 99.7 cm³/mol. The molecule has 0 aromatic heterocycles. The molecule has 0 atom stereocenters. The van der Waals surface area contributed by atoms with Crippen molar-refractivity contribution in [2.45, 2.75) is 32.2 Å². The number of rotatable bonds is 3. The maximum atomic E-state index is 4.47. The number of hydrogen-bond donors (Lipinski definition) is 2. The Labute approximate surface area is 144 Å². The number of nitrogens with zero attached hydrogens (tertiary/aromatic N) is 2. The molecule has 0 radical (unpaired) electrons. The number of guanidine groups is 1. The first-order chi connectivity index (χ1) is 9.93. The molecule has 0 saturated carbocycles. The molecule has 0 bridgehead atoms. The smallest absolute Gasteiger partial charge is 0.191 e. The van der Waals surface area contributed by atoms with E-state index in [0.717, 1.165) is 32.0 Å². The molecule has 0 aliphatic carbocycles. The van der Waals surface area contributed by atoms with Gasteiger partial charge in [-0.25, -0.2) is 0 Å². The van der Waals surface area contributed by atoms with Crippen LogP contribution in [0.1, 0.15) is 31.2 Å². The second-order valence-corrected chi connectivity index (χ2v) is 5.54. The van der Waals surface area contributed by atoms with Crippen LogP contribution in [-0.4, -0.2) is 32.1 Å². The van der Waals surface area contributed by atoms with E-state index < -0.39 is 0 Å². The van der Waals surface area contributed by atoms with Gasteiger partial charge in [-0.2, -0.15) is 0 Å². The minimum Gasteiger partial charge on any atom is -0.371 e. The van der Waals surface area contributed by atoms with Crippen molar-refractivity contribution in [2.75, 3.05) is 31.1 Å². The van der Waals surface area contributed by atoms with E-state index in [2.05, 4.69) is 44.8 Å². The number of aliphatic imine (C=N–C) groups is 1. The summed E-state index contributed by atoms with van der Waals surface area (Å²) in [6.07, 6.45) is 5.14. The molecule has 0 unspecified atom stereocenters. The fourth-order valence-corrected chi connectivity index (χ4v) is 2.93. The number of hydrogen-bond acceptors (Lipinski definition) is 4. The van der Waals surface area contributed by atoms with Crippen molar-refractivity contribution in [3.8, 4) is 0 Å². The number of para-hydroxylation sites is 1. The Morgan fingerprint density at radius 3 is 2.67 bits per heavy atom. The van der Waals surface area contributed by atoms with Crippen LogP contribution < -0.4 is 15.5 Å². The van der Waals surface area contributed by atoms with Crippen LogP contribution in [0.4, 0.5) is 5.69 Å². The van der Waals surface area contributed by atoms with Crippen LogP contribution >= 0.6 is 24.0 Å². The summed E-state index contributed by atoms with van der Waals surface area (Å²) >= 11 is 0. The van der Waals surface area contributed by atoms with Gasteiger partial charge < -0.3 is 15.5 Å². The highest BCUT2D eigenvalue weighted by molar-refractivity contribution is 14.0. The van der Waals surface area contributed by atoms with Gasteiger partial charge in [-0.1, -0.05) is 18.2 Å². The summed E-state index contributed by atoms with van der Waals surface area (Å²) in [6.45, 7) is 5.19. The lowest BCUT2D eigenvalue weighted by molar-refractivity contribution is 0.576. The Kier molecular flexibility index (Phi) is 6.60. The van der Waals surface area contributed by atoms with Crippen LogP contribution in [0.5, 0.6) is 0 Å². The second kappa shape index (κ2) is 8.46. The van der Waals surface area contributed by atoms with Gasteiger partial charge in [0, 0.05) is 38.4 Å². The Morgan fingerprint density at radius 2 is 1.90 bits per heavy atom. The third-order valence-corrected chi connectivity index (χ3v) is 4.03. The van der Waals surface area contributed by atoms with Crippen molar-refractivity contribution in [3.63, 3.8) is 0 Å². The van der Waals surface area contributed by atoms with Crippen molar-refractivity contribution in [3.05, 3.63) is 29.8 Å². The van der Waals surface area contributed by atoms with Gasteiger partial charge in [-0.3, -0.25) is 4.99 Å². The molecule has 2 aliphatic heterocycles. The molecule has 0 spiro atoms. The SMILES string of the molecule is I.c1ccc(N2CCCCC2)c(CNC2=NCCCN2)c1. The van der Waals surface area contributed by atoms with E-state index in [1.807, 2.05) is 0 Å². The average molecular weight is 400 g/mol. The minimum atomic E-state index is 0. The highest BCUT2D eigenvalue weighted by atomic mass is 127. The molecule has 4 nitrogen and oxygen atoms in total. The van der Waals surface area contributed by atoms with Gasteiger partial charge in [0.05, 0.1) is 0 Å². The molecule has 21 heavy (non-hydrogen) atoms. The number of piperidine rings is 1. The molecule has 116 valence electrons. The molecule has 3 rings (SSSR count). The topological polar surface area (TPSA) is 39.7 Å². The monoisotopic (exact) mass is 400 g/mol. The number of halogens is 1. The summed E-state index contributed by atoms with van der Waals surface area (Å²) in [4.78, 5) is 6.99. The molecular weight excluding hydrogens is 375 g/mol. The maximum Gasteiger partial charge on any atom is 0.191 e. The number of nitrogens with one attached hydrogen (secondary N) is 2. The summed E-state index contributed by atoms with van der Waals surface area (Å²) in [7, 11) is 0. The van der Waals surface area contributed by atoms with E-state index >= 15 is 0 Å². The zero-order chi connectivity index (χ0) is 13.6. The highest BCUT2D eigenvalue weighted by Gasteiger charge is 2.14. The number of benzene rings is 1. The summed E-state index contributed by atoms with van der Waals surface area (Å²) < 4.78 is 0. The Hall–Kier alpha value is -0.980. The summed E-state index contributed by atoms with van der Waals surface area (Å²) in [5.41, 5.74) is 2.75. The molecule has 2 heterocycles. The lowest BCUT2D eigenvalue weighted by Crippen LogP contribution is -2.40. The number of anilines is 1. The van der Waals surface area contributed by atoms with E-state index in [9.17, 15) is 0 Å². The van der Waals surface area contributed by atoms with E-state index in [0.29, 0.717) is 0 Å². The van der Waals surface area contributed by atoms with Crippen molar-refractivity contribution in [1.29, 1.82) is 0 Å². The van der Waals surface area contributed by atoms with E-state index in [1.165, 1.54) is 43.6 Å². The fourth-order valence-electron chi connectivity index (χ4n) is 2.93. The van der Waals surface area contributed by atoms with E-state index in [1.54, 1.807) is 0 Å². The summed E-state index contributed by atoms with van der Waals surface area (Å²) in [5.74, 6) is 0.949. The summed E-state index contributed by atoms with van der Waals surface area (Å²) in [5, 5.41) is 6.74. The van der Waals surface area contributed by atoms with Crippen LogP contribution in [-0.2, 0) is 6.54 Å². The second-order valence-electron chi connectivity index (χ2n) is 5.54. The molecule has 1 aromatic rings. The van der Waals surface area contributed by atoms with Gasteiger partial charge in [-0.05, 0) is 37.3 Å². The normalized spacial score (nSPS) is 18.3. The standard InChI is InChI=1S/C16H24N4.HI/c1-4-11-20(12-5-1)15-8-3-2-7-14(15)13-19-16-17-9-6-10-18-16;/h2-3,7-8H,1,4-6,9-13H2,(H2,17,18,19);1H. The first kappa shape index (κ1) is 16.4. The summed E-state index contributed by atoms with van der Waals surface area (Å²) in [6, 6.07) is 8.74. The zero-order valence-corrected chi connectivity index (χ0v) is 14.8. The van der Waals surface area contributed by atoms with E-state index in [4.69, 9.17) is 0 Å². The van der Waals surface area contributed by atoms with Gasteiger partial charge in [0.1, 0.15) is 0 Å². The van der Waals surface area contributed by atoms with Crippen molar-refractivity contribution < 1.29 is 0 Å². The first-order valence-electron chi connectivity index (χ1n) is 7.78. The Bertz CT molecular complexity index is 469. The van der Waals surface area contributed by atoms with Gasteiger partial charge >= 0.3 is 0 Å². The van der Waals surface area contributed by atoms with Crippen LogP contribution in [0.15, 0.2) is 29.3 Å². The first-order valence-corrected chi connectivity index (χ1v) is 7.78. The van der Waals surface area contributed by atoms with Crippen molar-refractivity contribution in [1.82, 2.24) is 10.6 Å². The fraction of sp³-hybridized carbons (Fsp3) is 0.562. The van der Waals surface area contributed by atoms with Crippen molar-refractivity contribution in [2.24, 2.45) is 4.99 Å². The minimum absolute atomic E-state index is 0. The third-order valence-electron chi connectivity index (χ3n) is 4.03. The quantitative estimate of drug-likeness (QED) is 0.767. The average Bonchev–Trinajstić information content (AvgIpc) is 2.55. The maximum absolute atomic E-state index is 4.47. The van der Waals surface area contributed by atoms with Crippen LogP contribution in [0, 0.1) is 0 Å². The van der Waals surface area contributed by atoms with E-state index in [-0.39, 0.29) is 24.0 Å². The zero-order valence-electron chi connectivity index (χ0n) is 12.5. The van der Waals surface area contributed by atoms with Crippen molar-refractivity contribution >= 4 is 35.6 Å². The Balaban J connectivity index is 0.00000161. The van der Waals surface area contributed by atoms with Gasteiger partial charge in [0.2, 0.25) is 0 Å². The largest absolute Gasteiger partial charge is 0.371 e. The van der Waals surface area contributed by atoms with Crippen LogP contribution in [0.25, 0.3) is 0 Å². The van der Waals surface area contributed by atoms with Gasteiger partial charge in [0.25, 0.3) is 0 Å². The third kappa shape index (κ3) is 4.49. The lowest BCUT2D eigenvalue weighted by atomic mass is 10.1. The molecule has 1 aromatic carbocycles. The molecular formula is C16H25IN4. The molecule has 2 N–H and O–H groups in total. The Morgan fingerprint density at radius 1 is 1.10 bits per heavy atom. The van der Waals surface area contributed by atoms with Gasteiger partial charge in [-0.15, -0.1) is 24.0 Å². The molecule has 2 aliphatic rings. The predicted octanol–water partition coefficient (Wildman–Crippen LogP) is 2.73. The molecule has 1 fully saturated rings.